The zero-order chi connectivity index (χ0) is 41.2. The van der Waals surface area contributed by atoms with Crippen molar-refractivity contribution in [2.45, 2.75) is 290 Å². The molecule has 0 radical (unpaired) electrons. The van der Waals surface area contributed by atoms with Crippen LogP contribution in [0.15, 0.2) is 24.3 Å². The molecule has 1 atom stereocenters. The topological polar surface area (TPSA) is 55.8 Å². The molecular weight excluding hydrogens is 701 g/mol. The van der Waals surface area contributed by atoms with E-state index in [1.54, 1.807) is 0 Å². The minimum Gasteiger partial charge on any atom is -0.457 e. The van der Waals surface area contributed by atoms with Gasteiger partial charge in [0.1, 0.15) is 6.10 Å². The molecule has 0 aliphatic rings. The summed E-state index contributed by atoms with van der Waals surface area (Å²) in [6, 6.07) is 0. The number of aliphatic hydroxyl groups is 1. The predicted octanol–water partition coefficient (Wildman–Crippen LogP) is 17.4. The van der Waals surface area contributed by atoms with E-state index < -0.39 is 6.10 Å². The van der Waals surface area contributed by atoms with Crippen molar-refractivity contribution >= 4 is 5.97 Å². The van der Waals surface area contributed by atoms with Gasteiger partial charge in [0.25, 0.3) is 0 Å². The van der Waals surface area contributed by atoms with Crippen LogP contribution >= 0.6 is 0 Å². The Morgan fingerprint density at radius 1 is 0.421 bits per heavy atom. The van der Waals surface area contributed by atoms with Crippen molar-refractivity contribution in [3.8, 4) is 0 Å². The summed E-state index contributed by atoms with van der Waals surface area (Å²) in [6.45, 7) is 5.37. The van der Waals surface area contributed by atoms with Crippen LogP contribution in [0.1, 0.15) is 284 Å². The molecular formula is C53H102O4. The summed E-state index contributed by atoms with van der Waals surface area (Å²) in [7, 11) is 0. The minimum absolute atomic E-state index is 0.168. The second kappa shape index (κ2) is 51.0. The summed E-state index contributed by atoms with van der Waals surface area (Å²) < 4.78 is 11.2. The van der Waals surface area contributed by atoms with Gasteiger partial charge in [-0.1, -0.05) is 256 Å². The van der Waals surface area contributed by atoms with Gasteiger partial charge in [-0.15, -0.1) is 0 Å². The number of aliphatic hydroxyl groups excluding tert-OH is 1. The average molecular weight is 803 g/mol. The third-order valence-corrected chi connectivity index (χ3v) is 11.8. The third kappa shape index (κ3) is 49.1. The largest absolute Gasteiger partial charge is 0.457 e. The Morgan fingerprint density at radius 3 is 1.12 bits per heavy atom. The number of hydrogen-bond donors (Lipinski definition) is 1. The van der Waals surface area contributed by atoms with E-state index in [0.29, 0.717) is 19.6 Å². The van der Waals surface area contributed by atoms with Crippen LogP contribution < -0.4 is 0 Å². The van der Waals surface area contributed by atoms with Gasteiger partial charge in [0.15, 0.2) is 0 Å². The Labute approximate surface area is 358 Å². The van der Waals surface area contributed by atoms with E-state index in [0.717, 1.165) is 25.7 Å². The number of carbonyl (C=O) groups excluding carboxylic acids is 1. The summed E-state index contributed by atoms with van der Waals surface area (Å²) in [5.74, 6) is -0.194. The fourth-order valence-corrected chi connectivity index (χ4v) is 7.89. The second-order valence-electron chi connectivity index (χ2n) is 17.6. The number of hydrogen-bond acceptors (Lipinski definition) is 4. The van der Waals surface area contributed by atoms with Crippen molar-refractivity contribution in [3.63, 3.8) is 0 Å². The number of rotatable bonds is 49. The van der Waals surface area contributed by atoms with Crippen molar-refractivity contribution in [2.75, 3.05) is 19.8 Å². The van der Waals surface area contributed by atoms with Gasteiger partial charge >= 0.3 is 5.97 Å². The lowest BCUT2D eigenvalue weighted by Gasteiger charge is -2.16. The molecule has 0 aliphatic heterocycles. The van der Waals surface area contributed by atoms with Gasteiger partial charge in [-0.2, -0.15) is 0 Å². The Kier molecular flexibility index (Phi) is 50.0. The molecule has 338 valence electrons. The minimum atomic E-state index is -0.532. The zero-order valence-corrected chi connectivity index (χ0v) is 38.9. The number of ether oxygens (including phenoxy) is 2. The summed E-state index contributed by atoms with van der Waals surface area (Å²) in [5.41, 5.74) is 0. The van der Waals surface area contributed by atoms with Gasteiger partial charge in [0, 0.05) is 13.0 Å². The van der Waals surface area contributed by atoms with E-state index in [4.69, 9.17) is 9.47 Å². The van der Waals surface area contributed by atoms with Crippen molar-refractivity contribution < 1.29 is 19.4 Å². The third-order valence-electron chi connectivity index (χ3n) is 11.8. The highest BCUT2D eigenvalue weighted by atomic mass is 16.6. The van der Waals surface area contributed by atoms with Gasteiger partial charge in [-0.3, -0.25) is 4.79 Å². The highest BCUT2D eigenvalue weighted by Crippen LogP contribution is 2.17. The summed E-state index contributed by atoms with van der Waals surface area (Å²) in [6.07, 6.45) is 64.2. The molecule has 0 fully saturated rings. The second-order valence-corrected chi connectivity index (χ2v) is 17.6. The Hall–Kier alpha value is -1.13. The number of esters is 1. The molecule has 0 aliphatic carbocycles. The number of carbonyl (C=O) groups is 1. The molecule has 0 saturated heterocycles. The van der Waals surface area contributed by atoms with E-state index in [-0.39, 0.29) is 12.6 Å². The van der Waals surface area contributed by atoms with E-state index >= 15 is 0 Å². The van der Waals surface area contributed by atoms with Crippen LogP contribution in [0.25, 0.3) is 0 Å². The van der Waals surface area contributed by atoms with Gasteiger partial charge in [0.05, 0.1) is 13.2 Å². The van der Waals surface area contributed by atoms with E-state index in [9.17, 15) is 9.90 Å². The van der Waals surface area contributed by atoms with Crippen LogP contribution in [0.2, 0.25) is 0 Å². The summed E-state index contributed by atoms with van der Waals surface area (Å²) >= 11 is 0. The monoisotopic (exact) mass is 803 g/mol. The molecule has 4 nitrogen and oxygen atoms in total. The lowest BCUT2D eigenvalue weighted by Crippen LogP contribution is -2.27. The molecule has 1 N–H and O–H groups in total. The van der Waals surface area contributed by atoms with Crippen molar-refractivity contribution in [1.82, 2.24) is 0 Å². The first-order valence-electron chi connectivity index (χ1n) is 25.9. The SMILES string of the molecule is CCCCC/C=C\C/C=C\CCCCCCCCCCCCOCC(CO)OC(=O)CCCCCCCCCCCCCCCCCCCCCCCCCCC. The highest BCUT2D eigenvalue weighted by molar-refractivity contribution is 5.69. The molecule has 0 amide bonds. The molecule has 0 saturated carbocycles. The first-order chi connectivity index (χ1) is 28.2. The highest BCUT2D eigenvalue weighted by Gasteiger charge is 2.13. The van der Waals surface area contributed by atoms with E-state index in [2.05, 4.69) is 38.2 Å². The molecule has 0 rings (SSSR count). The Morgan fingerprint density at radius 2 is 0.737 bits per heavy atom. The first kappa shape index (κ1) is 55.9. The number of unbranched alkanes of at least 4 members (excludes halogenated alkanes) is 37. The molecule has 0 aromatic heterocycles. The fourth-order valence-electron chi connectivity index (χ4n) is 7.89. The van der Waals surface area contributed by atoms with E-state index in [1.165, 1.54) is 238 Å². The maximum Gasteiger partial charge on any atom is 0.306 e. The number of allylic oxidation sites excluding steroid dienone is 4. The van der Waals surface area contributed by atoms with Gasteiger partial charge in [-0.25, -0.2) is 0 Å². The lowest BCUT2D eigenvalue weighted by molar-refractivity contribution is -0.154. The molecule has 0 heterocycles. The average Bonchev–Trinajstić information content (AvgIpc) is 3.22. The summed E-state index contributed by atoms with van der Waals surface area (Å²) in [4.78, 5) is 12.3. The normalized spacial score (nSPS) is 12.4. The zero-order valence-electron chi connectivity index (χ0n) is 38.9. The molecule has 1 unspecified atom stereocenters. The molecule has 0 bridgehead atoms. The fraction of sp³-hybridized carbons (Fsp3) is 0.906. The van der Waals surface area contributed by atoms with Crippen molar-refractivity contribution in [2.24, 2.45) is 0 Å². The van der Waals surface area contributed by atoms with Crippen LogP contribution in [0.3, 0.4) is 0 Å². The molecule has 0 aromatic carbocycles. The van der Waals surface area contributed by atoms with Crippen LogP contribution in [0.5, 0.6) is 0 Å². The molecule has 57 heavy (non-hydrogen) atoms. The Balaban J connectivity index is 3.35. The van der Waals surface area contributed by atoms with Gasteiger partial charge in [0.2, 0.25) is 0 Å². The maximum absolute atomic E-state index is 12.3. The molecule has 0 aromatic rings. The van der Waals surface area contributed by atoms with Crippen molar-refractivity contribution in [3.05, 3.63) is 24.3 Å². The van der Waals surface area contributed by atoms with E-state index in [1.807, 2.05) is 0 Å². The lowest BCUT2D eigenvalue weighted by atomic mass is 10.0. The van der Waals surface area contributed by atoms with Gasteiger partial charge < -0.3 is 14.6 Å². The molecule has 4 heteroatoms. The maximum atomic E-state index is 12.3. The standard InChI is InChI=1S/C53H102O4/c1-3-5-7-9-11-13-15-17-19-21-23-25-26-27-28-29-30-32-34-36-38-40-42-44-46-48-53(55)57-52(50-54)51-56-49-47-45-43-41-39-37-35-33-31-24-22-20-18-16-14-12-10-8-6-4-2/h12,14,18,20,52,54H,3-11,13,15-17,19,21-51H2,1-2H3/b14-12-,20-18-. The van der Waals surface area contributed by atoms with Gasteiger partial charge in [-0.05, 0) is 44.9 Å². The van der Waals surface area contributed by atoms with Crippen LogP contribution in [0.4, 0.5) is 0 Å². The van der Waals surface area contributed by atoms with Crippen molar-refractivity contribution in [1.29, 1.82) is 0 Å². The smallest absolute Gasteiger partial charge is 0.306 e. The summed E-state index contributed by atoms with van der Waals surface area (Å²) in [5, 5.41) is 9.65. The van der Waals surface area contributed by atoms with Crippen LogP contribution in [0, 0.1) is 0 Å². The van der Waals surface area contributed by atoms with Crippen LogP contribution in [-0.4, -0.2) is 37.0 Å². The quantitative estimate of drug-likeness (QED) is 0.0378. The Bertz CT molecular complexity index is 807. The first-order valence-corrected chi connectivity index (χ1v) is 25.9. The molecule has 0 spiro atoms. The van der Waals surface area contributed by atoms with Crippen LogP contribution in [-0.2, 0) is 14.3 Å². The predicted molar refractivity (Wildman–Crippen MR) is 251 cm³/mol.